The van der Waals surface area contributed by atoms with Crippen LogP contribution in [0.3, 0.4) is 0 Å². The van der Waals surface area contributed by atoms with Gasteiger partial charge in [-0.15, -0.1) is 0 Å². The third-order valence-corrected chi connectivity index (χ3v) is 2.56. The van der Waals surface area contributed by atoms with E-state index in [1.54, 1.807) is 4.90 Å². The van der Waals surface area contributed by atoms with E-state index in [0.717, 1.165) is 19.3 Å². The lowest BCUT2D eigenvalue weighted by Gasteiger charge is -2.25. The van der Waals surface area contributed by atoms with Crippen molar-refractivity contribution >= 4 is 0 Å². The highest BCUT2D eigenvalue weighted by atomic mass is 19.4. The van der Waals surface area contributed by atoms with Crippen molar-refractivity contribution in [3.05, 3.63) is 0 Å². The molecule has 1 saturated carbocycles. The second kappa shape index (κ2) is 5.16. The molecule has 0 saturated heterocycles. The Morgan fingerprint density at radius 1 is 1.40 bits per heavy atom. The summed E-state index contributed by atoms with van der Waals surface area (Å²) in [7, 11) is 0. The topological polar surface area (TPSA) is 23.5 Å². The highest BCUT2D eigenvalue weighted by Gasteiger charge is 2.39. The van der Waals surface area contributed by atoms with Gasteiger partial charge in [-0.05, 0) is 31.7 Å². The predicted molar refractivity (Wildman–Crippen MR) is 51.5 cm³/mol. The number of hydrogen-bond donors (Lipinski definition) is 1. The van der Waals surface area contributed by atoms with E-state index in [1.165, 1.54) is 0 Å². The first-order valence-corrected chi connectivity index (χ1v) is 5.40. The molecule has 0 aliphatic heterocycles. The number of nitrogens with zero attached hydrogens (tertiary/aromatic N) is 1. The number of alkyl halides is 3. The predicted octanol–water partition coefficient (Wildman–Crippen LogP) is 2.03. The zero-order valence-electron chi connectivity index (χ0n) is 8.93. The van der Waals surface area contributed by atoms with Gasteiger partial charge in [0.2, 0.25) is 0 Å². The molecule has 0 aromatic heterocycles. The minimum atomic E-state index is -4.49. The zero-order valence-corrected chi connectivity index (χ0v) is 8.93. The maximum atomic E-state index is 12.1. The quantitative estimate of drug-likeness (QED) is 0.747. The van der Waals surface area contributed by atoms with Crippen LogP contribution in [0.5, 0.6) is 0 Å². The number of hydrogen-bond acceptors (Lipinski definition) is 2. The van der Waals surface area contributed by atoms with Crippen molar-refractivity contribution in [3.63, 3.8) is 0 Å². The number of aliphatic hydroxyl groups is 1. The van der Waals surface area contributed by atoms with Crippen LogP contribution in [0.4, 0.5) is 13.2 Å². The van der Waals surface area contributed by atoms with Crippen molar-refractivity contribution in [3.8, 4) is 0 Å². The molecule has 90 valence electrons. The third-order valence-electron chi connectivity index (χ3n) is 2.56. The van der Waals surface area contributed by atoms with Crippen LogP contribution in [0.25, 0.3) is 0 Å². The second-order valence-corrected chi connectivity index (χ2v) is 4.26. The van der Waals surface area contributed by atoms with Crippen molar-refractivity contribution in [2.45, 2.75) is 38.5 Å². The van der Waals surface area contributed by atoms with Gasteiger partial charge in [-0.25, -0.2) is 0 Å². The van der Waals surface area contributed by atoms with Gasteiger partial charge in [0.05, 0.1) is 0 Å². The summed E-state index contributed by atoms with van der Waals surface area (Å²) < 4.78 is 36.4. The summed E-state index contributed by atoms with van der Waals surface area (Å²) in [5.74, 6) is 0.553. The standard InChI is InChI=1S/C10H18F3NO/c1-2-5-14(6-8-3-4-8)7-9(15)10(11,12)13/h8-9,15H,2-7H2,1H3. The molecule has 15 heavy (non-hydrogen) atoms. The summed E-state index contributed by atoms with van der Waals surface area (Å²) in [5, 5.41) is 8.95. The van der Waals surface area contributed by atoms with Gasteiger partial charge in [-0.1, -0.05) is 6.92 Å². The monoisotopic (exact) mass is 225 g/mol. The van der Waals surface area contributed by atoms with Crippen LogP contribution in [-0.4, -0.2) is 41.9 Å². The van der Waals surface area contributed by atoms with E-state index in [2.05, 4.69) is 0 Å². The van der Waals surface area contributed by atoms with Crippen molar-refractivity contribution in [2.75, 3.05) is 19.6 Å². The Bertz CT molecular complexity index is 192. The Hall–Kier alpha value is -0.290. The number of aliphatic hydroxyl groups excluding tert-OH is 1. The van der Waals surface area contributed by atoms with E-state index < -0.39 is 12.3 Å². The third kappa shape index (κ3) is 4.84. The lowest BCUT2D eigenvalue weighted by atomic mass is 10.2. The minimum absolute atomic E-state index is 0.284. The molecule has 1 aliphatic carbocycles. The van der Waals surface area contributed by atoms with Crippen LogP contribution in [-0.2, 0) is 0 Å². The van der Waals surface area contributed by atoms with Crippen LogP contribution >= 0.6 is 0 Å². The molecule has 0 aromatic carbocycles. The van der Waals surface area contributed by atoms with E-state index in [1.807, 2.05) is 6.92 Å². The van der Waals surface area contributed by atoms with Gasteiger partial charge in [-0.2, -0.15) is 13.2 Å². The fraction of sp³-hybridized carbons (Fsp3) is 1.00. The maximum absolute atomic E-state index is 12.1. The van der Waals surface area contributed by atoms with Crippen LogP contribution in [0.2, 0.25) is 0 Å². The molecule has 0 heterocycles. The highest BCUT2D eigenvalue weighted by Crippen LogP contribution is 2.30. The Kier molecular flexibility index (Phi) is 4.40. The summed E-state index contributed by atoms with van der Waals surface area (Å²) in [6.07, 6.45) is -3.65. The largest absolute Gasteiger partial charge is 0.415 e. The first-order chi connectivity index (χ1) is 6.93. The van der Waals surface area contributed by atoms with Crippen LogP contribution in [0.1, 0.15) is 26.2 Å². The van der Waals surface area contributed by atoms with Gasteiger partial charge in [0.15, 0.2) is 6.10 Å². The lowest BCUT2D eigenvalue weighted by molar-refractivity contribution is -0.208. The molecule has 1 aliphatic rings. The molecule has 1 fully saturated rings. The SMILES string of the molecule is CCCN(CC1CC1)CC(O)C(F)(F)F. The minimum Gasteiger partial charge on any atom is -0.382 e. The van der Waals surface area contributed by atoms with Gasteiger partial charge in [0.25, 0.3) is 0 Å². The molecule has 0 bridgehead atoms. The van der Waals surface area contributed by atoms with E-state index >= 15 is 0 Å². The lowest BCUT2D eigenvalue weighted by Crippen LogP contribution is -2.42. The van der Waals surface area contributed by atoms with Crippen molar-refractivity contribution < 1.29 is 18.3 Å². The molecule has 1 unspecified atom stereocenters. The molecule has 1 rings (SSSR count). The van der Waals surface area contributed by atoms with Crippen molar-refractivity contribution in [2.24, 2.45) is 5.92 Å². The smallest absolute Gasteiger partial charge is 0.382 e. The molecule has 0 spiro atoms. The molecule has 0 radical (unpaired) electrons. The molecular weight excluding hydrogens is 207 g/mol. The Balaban J connectivity index is 2.34. The Morgan fingerprint density at radius 3 is 2.40 bits per heavy atom. The van der Waals surface area contributed by atoms with Gasteiger partial charge in [0, 0.05) is 13.1 Å². The fourth-order valence-electron chi connectivity index (χ4n) is 1.59. The van der Waals surface area contributed by atoms with E-state index in [4.69, 9.17) is 5.11 Å². The fourth-order valence-corrected chi connectivity index (χ4v) is 1.59. The Labute approximate surface area is 88.1 Å². The number of rotatable bonds is 6. The van der Waals surface area contributed by atoms with Crippen LogP contribution in [0, 0.1) is 5.92 Å². The molecule has 1 atom stereocenters. The number of halogens is 3. The normalized spacial score (nSPS) is 19.6. The highest BCUT2D eigenvalue weighted by molar-refractivity contribution is 4.79. The molecule has 0 aromatic rings. The average molecular weight is 225 g/mol. The van der Waals surface area contributed by atoms with Gasteiger partial charge in [0.1, 0.15) is 0 Å². The van der Waals surface area contributed by atoms with Crippen LogP contribution in [0.15, 0.2) is 0 Å². The summed E-state index contributed by atoms with van der Waals surface area (Å²) in [4.78, 5) is 1.72. The van der Waals surface area contributed by atoms with Gasteiger partial charge >= 0.3 is 6.18 Å². The molecule has 1 N–H and O–H groups in total. The average Bonchev–Trinajstić information content (AvgIpc) is 2.86. The van der Waals surface area contributed by atoms with E-state index in [0.29, 0.717) is 19.0 Å². The summed E-state index contributed by atoms with van der Waals surface area (Å²) in [6.45, 7) is 2.97. The van der Waals surface area contributed by atoms with Crippen molar-refractivity contribution in [1.29, 1.82) is 0 Å². The first kappa shape index (κ1) is 12.8. The summed E-state index contributed by atoms with van der Waals surface area (Å²) in [6, 6.07) is 0. The summed E-state index contributed by atoms with van der Waals surface area (Å²) in [5.41, 5.74) is 0. The Morgan fingerprint density at radius 2 is 2.00 bits per heavy atom. The molecule has 5 heteroatoms. The molecule has 0 amide bonds. The molecular formula is C10H18F3NO. The first-order valence-electron chi connectivity index (χ1n) is 5.40. The molecule has 2 nitrogen and oxygen atoms in total. The van der Waals surface area contributed by atoms with Gasteiger partial charge < -0.3 is 10.0 Å². The second-order valence-electron chi connectivity index (χ2n) is 4.26. The van der Waals surface area contributed by atoms with Crippen LogP contribution < -0.4 is 0 Å². The van der Waals surface area contributed by atoms with E-state index in [9.17, 15) is 13.2 Å². The van der Waals surface area contributed by atoms with Gasteiger partial charge in [-0.3, -0.25) is 0 Å². The van der Waals surface area contributed by atoms with Crippen molar-refractivity contribution in [1.82, 2.24) is 4.90 Å². The summed E-state index contributed by atoms with van der Waals surface area (Å²) >= 11 is 0. The van der Waals surface area contributed by atoms with E-state index in [-0.39, 0.29) is 6.54 Å². The maximum Gasteiger partial charge on any atom is 0.415 e. The zero-order chi connectivity index (χ0) is 11.5.